The highest BCUT2D eigenvalue weighted by Crippen LogP contribution is 2.42. The Balaban J connectivity index is 0.00000259. The number of hydrogen-bond acceptors (Lipinski definition) is 8. The molecule has 4 unspecified atom stereocenters. The molecular formula is C32H50F3N9. The number of halogens is 3. The minimum Gasteiger partial charge on any atom is -0.365 e. The van der Waals surface area contributed by atoms with E-state index in [0.29, 0.717) is 18.5 Å². The molecule has 1 aromatic rings. The lowest BCUT2D eigenvalue weighted by molar-refractivity contribution is -0.0963. The first-order chi connectivity index (χ1) is 20.9. The third-order valence-electron chi connectivity index (χ3n) is 8.17. The van der Waals surface area contributed by atoms with Crippen LogP contribution >= 0.6 is 0 Å². The third-order valence-corrected chi connectivity index (χ3v) is 8.17. The fraction of sp³-hybridized carbons (Fsp3) is 0.625. The molecule has 1 fully saturated rings. The van der Waals surface area contributed by atoms with E-state index in [1.165, 1.54) is 24.1 Å². The van der Waals surface area contributed by atoms with Crippen LogP contribution in [0.5, 0.6) is 0 Å². The summed E-state index contributed by atoms with van der Waals surface area (Å²) in [6.07, 6.45) is 0.397. The molecule has 4 atom stereocenters. The molecule has 1 aliphatic carbocycles. The number of benzene rings is 1. The lowest BCUT2D eigenvalue weighted by Crippen LogP contribution is -2.51. The van der Waals surface area contributed by atoms with Crippen molar-refractivity contribution in [2.75, 3.05) is 20.8 Å². The van der Waals surface area contributed by atoms with Crippen LogP contribution in [0.15, 0.2) is 52.4 Å². The van der Waals surface area contributed by atoms with Gasteiger partial charge >= 0.3 is 6.18 Å². The Morgan fingerprint density at radius 3 is 2.39 bits per heavy atom. The normalized spacial score (nSPS) is 22.4. The Kier molecular flexibility index (Phi) is 12.5. The molecule has 0 saturated heterocycles. The average Bonchev–Trinajstić information content (AvgIpc) is 3.71. The summed E-state index contributed by atoms with van der Waals surface area (Å²) in [6.45, 7) is 11.2. The molecular weight excluding hydrogens is 567 g/mol. The van der Waals surface area contributed by atoms with Gasteiger partial charge in [-0.05, 0) is 57.2 Å². The van der Waals surface area contributed by atoms with Crippen LogP contribution in [0, 0.1) is 17.2 Å². The van der Waals surface area contributed by atoms with E-state index in [1.54, 1.807) is 11.2 Å². The van der Waals surface area contributed by atoms with Crippen molar-refractivity contribution in [3.8, 4) is 6.07 Å². The molecule has 0 bridgehead atoms. The predicted molar refractivity (Wildman–Crippen MR) is 169 cm³/mol. The van der Waals surface area contributed by atoms with Crippen molar-refractivity contribution >= 4 is 6.34 Å². The topological polar surface area (TPSA) is 108 Å². The maximum absolute atomic E-state index is 13.3. The highest BCUT2D eigenvalue weighted by Gasteiger charge is 2.43. The van der Waals surface area contributed by atoms with E-state index in [1.807, 2.05) is 52.0 Å². The number of allylic oxidation sites excluding steroid dienone is 2. The number of aliphatic imine (C=N–C) groups is 1. The van der Waals surface area contributed by atoms with E-state index < -0.39 is 24.2 Å². The smallest absolute Gasteiger partial charge is 0.365 e. The predicted octanol–water partition coefficient (Wildman–Crippen LogP) is 4.94. The zero-order valence-corrected chi connectivity index (χ0v) is 27.1. The average molecular weight is 618 g/mol. The van der Waals surface area contributed by atoms with E-state index in [9.17, 15) is 18.4 Å². The Labute approximate surface area is 261 Å². The van der Waals surface area contributed by atoms with Gasteiger partial charge in [0.1, 0.15) is 18.0 Å². The number of hydrogen-bond donors (Lipinski definition) is 4. The number of likely N-dealkylation sites (N-methyl/N-ethyl adjacent to an activating group) is 1. The Morgan fingerprint density at radius 1 is 1.18 bits per heavy atom. The standard InChI is InChI=1S/C30H44F3N9.C2H6/c1-6-23-26(27(21-11-12-21)41(5)18-40(23)4)28(35)38-17-37-25(13-14-34)36-15-20-7-9-22(10-8-20)29-39-24(30(31,32)33)16-42(29)19(2)3;1-2/h7-10,16-17,19,21,25,27-29,36,39H,6,11-13,15,18,35H2,1-5H3,(H,37,38);1-2H3. The van der Waals surface area contributed by atoms with Crippen LogP contribution in [-0.4, -0.2) is 72.4 Å². The largest absolute Gasteiger partial charge is 0.432 e. The minimum atomic E-state index is -4.43. The zero-order chi connectivity index (χ0) is 32.6. The lowest BCUT2D eigenvalue weighted by Gasteiger charge is -2.43. The van der Waals surface area contributed by atoms with E-state index in [2.05, 4.69) is 57.8 Å². The summed E-state index contributed by atoms with van der Waals surface area (Å²) in [7, 11) is 4.23. The van der Waals surface area contributed by atoms with E-state index in [4.69, 9.17) is 5.73 Å². The summed E-state index contributed by atoms with van der Waals surface area (Å²) in [5.41, 5.74) is 9.99. The van der Waals surface area contributed by atoms with Gasteiger partial charge in [0.2, 0.25) is 0 Å². The molecule has 0 spiro atoms. The van der Waals surface area contributed by atoms with Crippen molar-refractivity contribution in [1.29, 1.82) is 5.26 Å². The number of rotatable bonds is 12. The molecule has 9 nitrogen and oxygen atoms in total. The summed E-state index contributed by atoms with van der Waals surface area (Å²) < 4.78 is 39.9. The van der Waals surface area contributed by atoms with Gasteiger partial charge < -0.3 is 26.2 Å². The Hall–Kier alpha value is -3.27. The first-order valence-electron chi connectivity index (χ1n) is 15.6. The van der Waals surface area contributed by atoms with Crippen LogP contribution in [0.2, 0.25) is 0 Å². The van der Waals surface area contributed by atoms with Gasteiger partial charge in [-0.3, -0.25) is 15.2 Å². The van der Waals surface area contributed by atoms with Crippen LogP contribution in [0.3, 0.4) is 0 Å². The first kappa shape index (κ1) is 35.2. The molecule has 1 aromatic carbocycles. The number of nitrogens with one attached hydrogen (secondary N) is 3. The first-order valence-corrected chi connectivity index (χ1v) is 15.6. The van der Waals surface area contributed by atoms with Crippen molar-refractivity contribution in [2.24, 2.45) is 16.6 Å². The number of nitriles is 1. The molecule has 0 amide bonds. The fourth-order valence-corrected chi connectivity index (χ4v) is 5.96. The molecule has 4 rings (SSSR count). The van der Waals surface area contributed by atoms with Gasteiger partial charge in [0.05, 0.1) is 31.7 Å². The summed E-state index contributed by atoms with van der Waals surface area (Å²) in [6, 6.07) is 9.80. The quantitative estimate of drug-likeness (QED) is 0.149. The number of nitrogens with zero attached hydrogens (tertiary/aromatic N) is 5. The summed E-state index contributed by atoms with van der Waals surface area (Å²) in [4.78, 5) is 10.9. The zero-order valence-electron chi connectivity index (χ0n) is 27.1. The van der Waals surface area contributed by atoms with Gasteiger partial charge in [0.15, 0.2) is 0 Å². The second kappa shape index (κ2) is 15.6. The molecule has 1 saturated carbocycles. The maximum Gasteiger partial charge on any atom is 0.432 e. The molecule has 0 radical (unpaired) electrons. The Morgan fingerprint density at radius 2 is 1.84 bits per heavy atom. The van der Waals surface area contributed by atoms with Crippen LogP contribution in [0.4, 0.5) is 13.2 Å². The lowest BCUT2D eigenvalue weighted by atomic mass is 9.93. The molecule has 3 aliphatic rings. The Bertz CT molecular complexity index is 1200. The number of nitrogens with two attached hydrogens (primary N) is 1. The van der Waals surface area contributed by atoms with Crippen LogP contribution < -0.4 is 21.7 Å². The summed E-state index contributed by atoms with van der Waals surface area (Å²) in [5, 5.41) is 18.5. The van der Waals surface area contributed by atoms with E-state index >= 15 is 0 Å². The van der Waals surface area contributed by atoms with Crippen molar-refractivity contribution in [3.05, 3.63) is 58.6 Å². The summed E-state index contributed by atoms with van der Waals surface area (Å²) >= 11 is 0. The van der Waals surface area contributed by atoms with Gasteiger partial charge in [-0.1, -0.05) is 45.0 Å². The molecule has 244 valence electrons. The van der Waals surface area contributed by atoms with E-state index in [-0.39, 0.29) is 18.6 Å². The third kappa shape index (κ3) is 8.67. The monoisotopic (exact) mass is 617 g/mol. The molecule has 5 N–H and O–H groups in total. The van der Waals surface area contributed by atoms with Crippen molar-refractivity contribution < 1.29 is 13.2 Å². The molecule has 44 heavy (non-hydrogen) atoms. The second-order valence-electron chi connectivity index (χ2n) is 11.7. The van der Waals surface area contributed by atoms with Gasteiger partial charge in [-0.15, -0.1) is 0 Å². The number of alkyl halides is 3. The fourth-order valence-electron chi connectivity index (χ4n) is 5.96. The van der Waals surface area contributed by atoms with Crippen LogP contribution in [0.25, 0.3) is 0 Å². The van der Waals surface area contributed by atoms with Gasteiger partial charge in [0.25, 0.3) is 0 Å². The molecule has 2 heterocycles. The van der Waals surface area contributed by atoms with Crippen LogP contribution in [0.1, 0.15) is 77.6 Å². The van der Waals surface area contributed by atoms with Gasteiger partial charge in [-0.2, -0.15) is 18.4 Å². The van der Waals surface area contributed by atoms with Crippen LogP contribution in [-0.2, 0) is 6.54 Å². The van der Waals surface area contributed by atoms with Crippen molar-refractivity contribution in [1.82, 2.24) is 30.7 Å². The molecule has 0 aromatic heterocycles. The molecule has 2 aliphatic heterocycles. The van der Waals surface area contributed by atoms with Gasteiger partial charge in [-0.25, -0.2) is 0 Å². The minimum absolute atomic E-state index is 0.110. The highest BCUT2D eigenvalue weighted by molar-refractivity contribution is 5.56. The highest BCUT2D eigenvalue weighted by atomic mass is 19.4. The van der Waals surface area contributed by atoms with Crippen molar-refractivity contribution in [2.45, 2.75) is 104 Å². The van der Waals surface area contributed by atoms with Crippen molar-refractivity contribution in [3.63, 3.8) is 0 Å². The molecule has 12 heteroatoms. The SMILES string of the molecule is CC.CCC1=C(C(N)/N=C\NC(CC#N)NCc2ccc(C3NC(C(F)(F)F)=CN3C(C)C)cc2)C(C2CC2)N(C)CN1C. The second-order valence-corrected chi connectivity index (χ2v) is 11.7. The summed E-state index contributed by atoms with van der Waals surface area (Å²) in [5.74, 6) is 0.620. The van der Waals surface area contributed by atoms with E-state index in [0.717, 1.165) is 30.4 Å². The van der Waals surface area contributed by atoms with Gasteiger partial charge in [0, 0.05) is 43.1 Å². The maximum atomic E-state index is 13.3.